The number of aromatic hydroxyl groups is 2. The second kappa shape index (κ2) is 17.6. The Morgan fingerprint density at radius 3 is 1.77 bits per heavy atom. The Labute approximate surface area is 322 Å². The number of allylic oxidation sites excluding steroid dienone is 1. The Hall–Kier alpha value is -4.76. The first-order valence-corrected chi connectivity index (χ1v) is 18.8. The molecule has 0 saturated carbocycles. The fourth-order valence-corrected chi connectivity index (χ4v) is 8.39. The summed E-state index contributed by atoms with van der Waals surface area (Å²) in [7, 11) is 2.94. The van der Waals surface area contributed by atoms with Gasteiger partial charge in [-0.25, -0.2) is 0 Å². The maximum atomic E-state index is 13.9. The molecule has 0 fully saturated rings. The zero-order valence-electron chi connectivity index (χ0n) is 32.2. The van der Waals surface area contributed by atoms with Gasteiger partial charge in [0.25, 0.3) is 0 Å². The predicted octanol–water partition coefficient (Wildman–Crippen LogP) is 4.76. The van der Waals surface area contributed by atoms with Crippen molar-refractivity contribution in [2.24, 2.45) is 0 Å². The van der Waals surface area contributed by atoms with Crippen molar-refractivity contribution >= 4 is 60.7 Å². The molecule has 0 aromatic heterocycles. The van der Waals surface area contributed by atoms with E-state index in [2.05, 4.69) is 0 Å². The van der Waals surface area contributed by atoms with Crippen LogP contribution in [0.4, 0.5) is 0 Å². The van der Waals surface area contributed by atoms with Gasteiger partial charge in [0.2, 0.25) is 0 Å². The van der Waals surface area contributed by atoms with Crippen LogP contribution in [0, 0.1) is 0 Å². The minimum absolute atomic E-state index is 0.00833. The number of Topliss-reactive ketones (excluding diaryl/α,β-unsaturated/α-hetero) is 2. The highest BCUT2D eigenvalue weighted by Crippen LogP contribution is 2.56. The van der Waals surface area contributed by atoms with Gasteiger partial charge in [0.15, 0.2) is 22.4 Å². The molecule has 0 aliphatic heterocycles. The molecule has 1 aliphatic carbocycles. The lowest BCUT2D eigenvalue weighted by atomic mass is 9.79. The standard InChI is InChI=1S/C43H48O13/c1-22-17-28-27(9-5-7-26(47)8-6-10-54-13-14-56-16-15-55-12-11-52-3)41(50)35-29(48)18-24(20-44)32-33-25(21-45)19-30(49)36-38(33)39(34(28)37(32)35)40(31(22)23(2)46)43(53-4)42(36)51/h17-19,31,44-45,50-51H,5-16,20-21H2,1-4H3. The van der Waals surface area contributed by atoms with Crippen molar-refractivity contribution in [1.29, 1.82) is 0 Å². The zero-order valence-corrected chi connectivity index (χ0v) is 32.2. The van der Waals surface area contributed by atoms with Gasteiger partial charge in [0.1, 0.15) is 17.3 Å². The van der Waals surface area contributed by atoms with Crippen LogP contribution in [-0.4, -0.2) is 92.5 Å². The molecule has 0 spiro atoms. The lowest BCUT2D eigenvalue weighted by Crippen LogP contribution is -2.14. The Morgan fingerprint density at radius 1 is 0.679 bits per heavy atom. The van der Waals surface area contributed by atoms with Crippen LogP contribution in [0.25, 0.3) is 49.2 Å². The maximum absolute atomic E-state index is 13.9. The van der Waals surface area contributed by atoms with Crippen molar-refractivity contribution < 1.29 is 53.7 Å². The van der Waals surface area contributed by atoms with Crippen molar-refractivity contribution in [2.75, 3.05) is 60.5 Å². The number of carbonyl (C=O) groups is 2. The lowest BCUT2D eigenvalue weighted by Gasteiger charge is -2.25. The summed E-state index contributed by atoms with van der Waals surface area (Å²) >= 11 is 0. The van der Waals surface area contributed by atoms with Gasteiger partial charge in [-0.15, -0.1) is 0 Å². The van der Waals surface area contributed by atoms with Crippen LogP contribution in [0.2, 0.25) is 0 Å². The van der Waals surface area contributed by atoms with Crippen LogP contribution in [0.1, 0.15) is 73.3 Å². The van der Waals surface area contributed by atoms with Crippen molar-refractivity contribution in [1.82, 2.24) is 0 Å². The summed E-state index contributed by atoms with van der Waals surface area (Å²) < 4.78 is 27.1. The van der Waals surface area contributed by atoms with E-state index in [4.69, 9.17) is 23.7 Å². The highest BCUT2D eigenvalue weighted by Gasteiger charge is 2.36. The van der Waals surface area contributed by atoms with Gasteiger partial charge < -0.3 is 44.1 Å². The zero-order chi connectivity index (χ0) is 40.3. The smallest absolute Gasteiger partial charge is 0.190 e. The van der Waals surface area contributed by atoms with Gasteiger partial charge in [-0.3, -0.25) is 19.2 Å². The molecular weight excluding hydrogens is 724 g/mol. The number of ketones is 2. The van der Waals surface area contributed by atoms with E-state index in [0.717, 1.165) is 0 Å². The fourth-order valence-electron chi connectivity index (χ4n) is 8.39. The number of fused-ring (bicyclic) bond motifs is 1. The summed E-state index contributed by atoms with van der Waals surface area (Å²) in [6.07, 6.45) is 3.31. The van der Waals surface area contributed by atoms with Gasteiger partial charge in [-0.1, -0.05) is 11.6 Å². The van der Waals surface area contributed by atoms with E-state index < -0.39 is 35.7 Å². The van der Waals surface area contributed by atoms with E-state index in [9.17, 15) is 39.6 Å². The summed E-state index contributed by atoms with van der Waals surface area (Å²) in [5, 5.41) is 46.8. The Balaban J connectivity index is 1.39. The van der Waals surface area contributed by atoms with E-state index in [-0.39, 0.29) is 68.8 Å². The summed E-state index contributed by atoms with van der Waals surface area (Å²) in [5.41, 5.74) is 0.940. The number of hydrogen-bond donors (Lipinski definition) is 4. The monoisotopic (exact) mass is 772 g/mol. The van der Waals surface area contributed by atoms with Crippen LogP contribution >= 0.6 is 0 Å². The molecular formula is C43H48O13. The molecule has 1 aliphatic rings. The first-order valence-electron chi connectivity index (χ1n) is 18.8. The van der Waals surface area contributed by atoms with Gasteiger partial charge in [0, 0.05) is 48.5 Å². The largest absolute Gasteiger partial charge is 0.507 e. The molecule has 0 bridgehead atoms. The van der Waals surface area contributed by atoms with Gasteiger partial charge in [-0.05, 0) is 83.5 Å². The van der Waals surface area contributed by atoms with Crippen LogP contribution in [0.3, 0.4) is 0 Å². The molecule has 56 heavy (non-hydrogen) atoms. The number of carbonyl (C=O) groups excluding carboxylic acids is 2. The number of methoxy groups -OCH3 is 2. The molecule has 13 heteroatoms. The summed E-state index contributed by atoms with van der Waals surface area (Å²) in [4.78, 5) is 54.3. The van der Waals surface area contributed by atoms with Crippen LogP contribution < -0.4 is 15.6 Å². The number of hydrogen-bond acceptors (Lipinski definition) is 13. The van der Waals surface area contributed by atoms with Crippen molar-refractivity contribution in [3.8, 4) is 17.2 Å². The highest BCUT2D eigenvalue weighted by atomic mass is 16.6. The predicted molar refractivity (Wildman–Crippen MR) is 212 cm³/mol. The van der Waals surface area contributed by atoms with E-state index in [0.29, 0.717) is 109 Å². The Bertz CT molecular complexity index is 2430. The minimum atomic E-state index is -0.960. The van der Waals surface area contributed by atoms with Crippen molar-refractivity contribution in [3.05, 3.63) is 66.0 Å². The molecule has 5 aromatic carbocycles. The second-order valence-electron chi connectivity index (χ2n) is 14.2. The molecule has 1 unspecified atom stereocenters. The van der Waals surface area contributed by atoms with Crippen molar-refractivity contribution in [3.63, 3.8) is 0 Å². The number of aliphatic hydroxyl groups is 2. The van der Waals surface area contributed by atoms with E-state index >= 15 is 0 Å². The Morgan fingerprint density at radius 2 is 1.21 bits per heavy atom. The number of phenolic OH excluding ortho intramolecular Hbond substituents is 2. The molecule has 13 nitrogen and oxygen atoms in total. The first kappa shape index (κ1) is 40.9. The molecule has 5 aromatic rings. The molecule has 0 heterocycles. The normalized spacial score (nSPS) is 14.1. The molecule has 0 radical (unpaired) electrons. The van der Waals surface area contributed by atoms with Gasteiger partial charge in [-0.2, -0.15) is 0 Å². The molecule has 6 rings (SSSR count). The first-order chi connectivity index (χ1) is 27.0. The van der Waals surface area contributed by atoms with E-state index in [1.807, 2.05) is 0 Å². The molecule has 0 amide bonds. The highest BCUT2D eigenvalue weighted by molar-refractivity contribution is 6.38. The van der Waals surface area contributed by atoms with Gasteiger partial charge in [0.05, 0.1) is 76.7 Å². The Kier molecular flexibility index (Phi) is 12.8. The fraction of sp³-hybridized carbons (Fsp3) is 0.442. The summed E-state index contributed by atoms with van der Waals surface area (Å²) in [6.45, 7) is 5.13. The third kappa shape index (κ3) is 7.31. The van der Waals surface area contributed by atoms with E-state index in [1.165, 1.54) is 26.2 Å². The lowest BCUT2D eigenvalue weighted by molar-refractivity contribution is -0.119. The second-order valence-corrected chi connectivity index (χ2v) is 14.2. The molecule has 298 valence electrons. The van der Waals surface area contributed by atoms with Crippen LogP contribution in [0.15, 0.2) is 27.3 Å². The number of benzene rings is 5. The third-order valence-electron chi connectivity index (χ3n) is 10.7. The third-order valence-corrected chi connectivity index (χ3v) is 10.7. The van der Waals surface area contributed by atoms with Gasteiger partial charge >= 0.3 is 0 Å². The summed E-state index contributed by atoms with van der Waals surface area (Å²) in [6, 6.07) is 2.43. The number of phenols is 2. The quantitative estimate of drug-likeness (QED) is 0.0454. The molecule has 1 atom stereocenters. The average Bonchev–Trinajstić information content (AvgIpc) is 3.30. The molecule has 0 saturated heterocycles. The number of aliphatic hydroxyl groups excluding tert-OH is 2. The average molecular weight is 773 g/mol. The number of rotatable bonds is 21. The minimum Gasteiger partial charge on any atom is -0.507 e. The van der Waals surface area contributed by atoms with Crippen LogP contribution in [0.5, 0.6) is 17.2 Å². The summed E-state index contributed by atoms with van der Waals surface area (Å²) in [5.74, 6) is -2.07. The topological polar surface area (TPSA) is 195 Å². The van der Waals surface area contributed by atoms with Crippen molar-refractivity contribution in [2.45, 2.75) is 65.1 Å². The maximum Gasteiger partial charge on any atom is 0.190 e. The molecule has 4 N–H and O–H groups in total. The van der Waals surface area contributed by atoms with Crippen LogP contribution in [-0.2, 0) is 48.2 Å². The van der Waals surface area contributed by atoms with E-state index in [1.54, 1.807) is 20.1 Å². The SMILES string of the molecule is COCCOCCOCCOCCCC(=O)CCCc1c(O)c2c(=O)cc(CO)c3c4c(CO)cc(=O)c5c(O)c(OC)c6c(c(c1C=C(C)C6C(C)=O)c23)c54. The number of ether oxygens (including phenoxy) is 5.